The number of amides is 4. The lowest BCUT2D eigenvalue weighted by Gasteiger charge is -2.32. The van der Waals surface area contributed by atoms with E-state index in [4.69, 9.17) is 0 Å². The first-order valence-corrected chi connectivity index (χ1v) is 12.0. The molecule has 1 aromatic carbocycles. The lowest BCUT2D eigenvalue weighted by Crippen LogP contribution is -2.51. The zero-order valence-electron chi connectivity index (χ0n) is 19.8. The van der Waals surface area contributed by atoms with Crippen molar-refractivity contribution in [3.63, 3.8) is 0 Å². The van der Waals surface area contributed by atoms with Crippen molar-refractivity contribution < 1.29 is 19.2 Å². The minimum atomic E-state index is -0.622. The number of carbonyl (C=O) groups is 4. The predicted molar refractivity (Wildman–Crippen MR) is 126 cm³/mol. The lowest BCUT2D eigenvalue weighted by atomic mass is 9.85. The van der Waals surface area contributed by atoms with E-state index < -0.39 is 6.04 Å². The standard InChI is InChI=1S/C26H35N3O4/c1-4-18(3)27-24(31)22(5-2)29(17-19-11-7-6-8-12-19)23(30)15-16-28-25(32)20-13-9-10-14-21(20)26(28)33/h6-12,18,20-22H,4-5,13-17H2,1-3H3,(H,27,31)/t18?,20-,21+,22?. The molecule has 0 saturated carbocycles. The third-order valence-corrected chi connectivity index (χ3v) is 6.73. The van der Waals surface area contributed by atoms with Gasteiger partial charge in [0.1, 0.15) is 6.04 Å². The van der Waals surface area contributed by atoms with Gasteiger partial charge in [-0.3, -0.25) is 24.1 Å². The maximum Gasteiger partial charge on any atom is 0.243 e. The fourth-order valence-electron chi connectivity index (χ4n) is 4.58. The largest absolute Gasteiger partial charge is 0.352 e. The summed E-state index contributed by atoms with van der Waals surface area (Å²) in [6, 6.07) is 8.93. The molecule has 7 nitrogen and oxygen atoms in total. The van der Waals surface area contributed by atoms with Crippen LogP contribution in [0.1, 0.15) is 58.4 Å². The molecule has 1 aromatic rings. The SMILES string of the molecule is CCC(C)NC(=O)C(CC)N(Cc1ccccc1)C(=O)CCN1C(=O)[C@H]2CC=CC[C@H]2C1=O. The number of fused-ring (bicyclic) bond motifs is 1. The third kappa shape index (κ3) is 5.70. The molecule has 0 spiro atoms. The molecule has 1 heterocycles. The van der Waals surface area contributed by atoms with Crippen LogP contribution in [0.2, 0.25) is 0 Å². The summed E-state index contributed by atoms with van der Waals surface area (Å²) in [6.45, 7) is 6.17. The fraction of sp³-hybridized carbons (Fsp3) is 0.538. The van der Waals surface area contributed by atoms with E-state index in [-0.39, 0.29) is 54.5 Å². The van der Waals surface area contributed by atoms with Crippen molar-refractivity contribution >= 4 is 23.6 Å². The first-order valence-electron chi connectivity index (χ1n) is 12.0. The predicted octanol–water partition coefficient (Wildman–Crippen LogP) is 3.05. The van der Waals surface area contributed by atoms with E-state index in [1.165, 1.54) is 4.90 Å². The quantitative estimate of drug-likeness (QED) is 0.436. The van der Waals surface area contributed by atoms with Gasteiger partial charge in [-0.1, -0.05) is 56.3 Å². The Labute approximate surface area is 196 Å². The van der Waals surface area contributed by atoms with E-state index in [0.717, 1.165) is 12.0 Å². The smallest absolute Gasteiger partial charge is 0.243 e. The summed E-state index contributed by atoms with van der Waals surface area (Å²) in [5.41, 5.74) is 0.922. The highest BCUT2D eigenvalue weighted by Gasteiger charge is 2.47. The van der Waals surface area contributed by atoms with Gasteiger partial charge in [0.15, 0.2) is 0 Å². The highest BCUT2D eigenvalue weighted by atomic mass is 16.2. The van der Waals surface area contributed by atoms with Crippen LogP contribution in [0, 0.1) is 11.8 Å². The van der Waals surface area contributed by atoms with E-state index in [0.29, 0.717) is 25.8 Å². The molecule has 0 radical (unpaired) electrons. The number of hydrogen-bond donors (Lipinski definition) is 1. The Bertz CT molecular complexity index is 872. The van der Waals surface area contributed by atoms with Crippen LogP contribution in [0.15, 0.2) is 42.5 Å². The van der Waals surface area contributed by atoms with Gasteiger partial charge in [-0.15, -0.1) is 0 Å². The molecule has 1 aliphatic heterocycles. The van der Waals surface area contributed by atoms with Crippen molar-refractivity contribution in [1.82, 2.24) is 15.1 Å². The summed E-state index contributed by atoms with van der Waals surface area (Å²) in [6.07, 6.45) is 6.32. The highest BCUT2D eigenvalue weighted by molar-refractivity contribution is 6.05. The Morgan fingerprint density at radius 1 is 1.03 bits per heavy atom. The molecule has 2 unspecified atom stereocenters. The van der Waals surface area contributed by atoms with Crippen molar-refractivity contribution in [2.45, 2.75) is 71.5 Å². The van der Waals surface area contributed by atoms with E-state index in [1.54, 1.807) is 4.90 Å². The molecule has 2 aliphatic rings. The molecule has 0 bridgehead atoms. The third-order valence-electron chi connectivity index (χ3n) is 6.73. The van der Waals surface area contributed by atoms with Crippen molar-refractivity contribution in [3.8, 4) is 0 Å². The van der Waals surface area contributed by atoms with Gasteiger partial charge in [0, 0.05) is 25.6 Å². The molecular formula is C26H35N3O4. The van der Waals surface area contributed by atoms with Crippen LogP contribution in [0.5, 0.6) is 0 Å². The zero-order valence-corrected chi connectivity index (χ0v) is 19.8. The van der Waals surface area contributed by atoms with Gasteiger partial charge in [-0.25, -0.2) is 0 Å². The van der Waals surface area contributed by atoms with Crippen LogP contribution in [0.25, 0.3) is 0 Å². The maximum absolute atomic E-state index is 13.4. The summed E-state index contributed by atoms with van der Waals surface area (Å²) < 4.78 is 0. The molecule has 4 atom stereocenters. The van der Waals surface area contributed by atoms with E-state index in [2.05, 4.69) is 5.32 Å². The molecule has 0 aromatic heterocycles. The van der Waals surface area contributed by atoms with Gasteiger partial charge in [-0.05, 0) is 38.2 Å². The second-order valence-corrected chi connectivity index (χ2v) is 8.98. The van der Waals surface area contributed by atoms with Crippen molar-refractivity contribution in [1.29, 1.82) is 0 Å². The summed E-state index contributed by atoms with van der Waals surface area (Å²) in [5.74, 6) is -1.39. The number of likely N-dealkylation sites (tertiary alicyclic amines) is 1. The normalized spacial score (nSPS) is 21.5. The first kappa shape index (κ1) is 24.7. The molecule has 1 aliphatic carbocycles. The van der Waals surface area contributed by atoms with Gasteiger partial charge in [0.2, 0.25) is 23.6 Å². The summed E-state index contributed by atoms with van der Waals surface area (Å²) >= 11 is 0. The van der Waals surface area contributed by atoms with Crippen LogP contribution in [-0.4, -0.2) is 52.1 Å². The highest BCUT2D eigenvalue weighted by Crippen LogP contribution is 2.35. The zero-order chi connectivity index (χ0) is 24.0. The average Bonchev–Trinajstić information content (AvgIpc) is 3.07. The number of nitrogens with one attached hydrogen (secondary N) is 1. The number of hydrogen-bond acceptors (Lipinski definition) is 4. The molecule has 3 rings (SSSR count). The molecule has 7 heteroatoms. The number of allylic oxidation sites excluding steroid dienone is 2. The molecule has 33 heavy (non-hydrogen) atoms. The Morgan fingerprint density at radius 3 is 2.18 bits per heavy atom. The number of imide groups is 1. The number of benzene rings is 1. The molecule has 4 amide bonds. The van der Waals surface area contributed by atoms with Crippen molar-refractivity contribution in [3.05, 3.63) is 48.0 Å². The fourth-order valence-corrected chi connectivity index (χ4v) is 4.58. The van der Waals surface area contributed by atoms with Gasteiger partial charge in [0.25, 0.3) is 0 Å². The second-order valence-electron chi connectivity index (χ2n) is 8.98. The Balaban J connectivity index is 1.73. The number of nitrogens with zero attached hydrogens (tertiary/aromatic N) is 2. The van der Waals surface area contributed by atoms with Crippen LogP contribution in [0.3, 0.4) is 0 Å². The van der Waals surface area contributed by atoms with Gasteiger partial charge >= 0.3 is 0 Å². The molecular weight excluding hydrogens is 418 g/mol. The molecule has 1 N–H and O–H groups in total. The van der Waals surface area contributed by atoms with Crippen LogP contribution in [-0.2, 0) is 25.7 Å². The van der Waals surface area contributed by atoms with Crippen LogP contribution < -0.4 is 5.32 Å². The van der Waals surface area contributed by atoms with Gasteiger partial charge < -0.3 is 10.2 Å². The van der Waals surface area contributed by atoms with Crippen LogP contribution >= 0.6 is 0 Å². The maximum atomic E-state index is 13.4. The van der Waals surface area contributed by atoms with E-state index in [1.807, 2.05) is 63.3 Å². The minimum Gasteiger partial charge on any atom is -0.352 e. The molecule has 1 saturated heterocycles. The molecule has 1 fully saturated rings. The van der Waals surface area contributed by atoms with Crippen molar-refractivity contribution in [2.75, 3.05) is 6.54 Å². The van der Waals surface area contributed by atoms with Crippen LogP contribution in [0.4, 0.5) is 0 Å². The average molecular weight is 454 g/mol. The first-order chi connectivity index (χ1) is 15.9. The summed E-state index contributed by atoms with van der Waals surface area (Å²) in [5, 5.41) is 2.99. The topological polar surface area (TPSA) is 86.8 Å². The van der Waals surface area contributed by atoms with E-state index >= 15 is 0 Å². The Hall–Kier alpha value is -2.96. The Morgan fingerprint density at radius 2 is 1.64 bits per heavy atom. The monoisotopic (exact) mass is 453 g/mol. The summed E-state index contributed by atoms with van der Waals surface area (Å²) in [7, 11) is 0. The minimum absolute atomic E-state index is 0.00426. The van der Waals surface area contributed by atoms with Crippen molar-refractivity contribution in [2.24, 2.45) is 11.8 Å². The lowest BCUT2D eigenvalue weighted by molar-refractivity contribution is -0.144. The second kappa shape index (κ2) is 11.3. The van der Waals surface area contributed by atoms with Gasteiger partial charge in [0.05, 0.1) is 11.8 Å². The molecule has 178 valence electrons. The summed E-state index contributed by atoms with van der Waals surface area (Å²) in [4.78, 5) is 54.7. The number of carbonyl (C=O) groups excluding carboxylic acids is 4. The number of rotatable bonds is 10. The van der Waals surface area contributed by atoms with E-state index in [9.17, 15) is 19.2 Å². The Kier molecular flexibility index (Phi) is 8.42. The van der Waals surface area contributed by atoms with Gasteiger partial charge in [-0.2, -0.15) is 0 Å².